The molecule has 1 aromatic rings. The number of rotatable bonds is 4. The first kappa shape index (κ1) is 18.6. The first-order valence-electron chi connectivity index (χ1n) is 7.42. The highest BCUT2D eigenvalue weighted by atomic mass is 32.2. The van der Waals surface area contributed by atoms with Gasteiger partial charge in [0.25, 0.3) is 0 Å². The summed E-state index contributed by atoms with van der Waals surface area (Å²) in [7, 11) is 0. The van der Waals surface area contributed by atoms with E-state index in [-0.39, 0.29) is 17.6 Å². The number of benzene rings is 1. The number of amides is 1. The monoisotopic (exact) mass is 321 g/mol. The summed E-state index contributed by atoms with van der Waals surface area (Å²) in [4.78, 5) is 13.6. The Balaban J connectivity index is 3.09. The third kappa shape index (κ3) is 5.76. The number of hydrogen-bond donors (Lipinski definition) is 0. The van der Waals surface area contributed by atoms with Crippen LogP contribution in [0.25, 0.3) is 0 Å². The van der Waals surface area contributed by atoms with Gasteiger partial charge in [0.05, 0.1) is 6.04 Å². The van der Waals surface area contributed by atoms with Crippen LogP contribution in [0.1, 0.15) is 41.5 Å². The van der Waals surface area contributed by atoms with E-state index in [0.29, 0.717) is 0 Å². The van der Waals surface area contributed by atoms with Gasteiger partial charge in [0.15, 0.2) is 0 Å². The Hall–Kier alpha value is -1.42. The fourth-order valence-electron chi connectivity index (χ4n) is 1.91. The van der Waals surface area contributed by atoms with Crippen LogP contribution >= 0.6 is 11.9 Å². The summed E-state index contributed by atoms with van der Waals surface area (Å²) in [6.45, 7) is 15.8. The van der Waals surface area contributed by atoms with Gasteiger partial charge < -0.3 is 4.74 Å². The van der Waals surface area contributed by atoms with Gasteiger partial charge >= 0.3 is 6.09 Å². The van der Waals surface area contributed by atoms with Crippen LogP contribution in [0, 0.1) is 5.41 Å². The van der Waals surface area contributed by atoms with Crippen molar-refractivity contribution < 1.29 is 9.53 Å². The second-order valence-electron chi connectivity index (χ2n) is 7.26. The molecule has 0 aliphatic carbocycles. The zero-order chi connectivity index (χ0) is 17.0. The number of carbonyl (C=O) groups excluding carboxylic acids is 1. The van der Waals surface area contributed by atoms with Crippen molar-refractivity contribution in [2.45, 2.75) is 58.1 Å². The van der Waals surface area contributed by atoms with Gasteiger partial charge in [-0.2, -0.15) is 0 Å². The zero-order valence-electron chi connectivity index (χ0n) is 14.4. The summed E-state index contributed by atoms with van der Waals surface area (Å²) in [5, 5.41) is 0. The van der Waals surface area contributed by atoms with E-state index in [2.05, 4.69) is 27.4 Å². The summed E-state index contributed by atoms with van der Waals surface area (Å²) in [6.07, 6.45) is 1.46. The van der Waals surface area contributed by atoms with Crippen LogP contribution in [-0.4, -0.2) is 22.0 Å². The maximum absolute atomic E-state index is 12.6. The van der Waals surface area contributed by atoms with E-state index >= 15 is 0 Å². The van der Waals surface area contributed by atoms with Crippen LogP contribution in [0.15, 0.2) is 47.9 Å². The average molecular weight is 321 g/mol. The van der Waals surface area contributed by atoms with Gasteiger partial charge in [-0.25, -0.2) is 9.10 Å². The van der Waals surface area contributed by atoms with E-state index in [1.54, 1.807) is 10.4 Å². The van der Waals surface area contributed by atoms with Gasteiger partial charge in [-0.05, 0) is 50.3 Å². The molecular formula is C18H27NO2S. The molecule has 0 aliphatic heterocycles. The van der Waals surface area contributed by atoms with Crippen LogP contribution in [-0.2, 0) is 4.74 Å². The third-order valence-corrected chi connectivity index (χ3v) is 3.94. The minimum Gasteiger partial charge on any atom is -0.443 e. The Labute approximate surface area is 138 Å². The molecule has 0 saturated heterocycles. The van der Waals surface area contributed by atoms with Gasteiger partial charge in [-0.3, -0.25) is 0 Å². The van der Waals surface area contributed by atoms with Crippen molar-refractivity contribution in [2.24, 2.45) is 5.41 Å². The number of ether oxygens (including phenoxy) is 1. The van der Waals surface area contributed by atoms with Crippen LogP contribution in [0.2, 0.25) is 0 Å². The van der Waals surface area contributed by atoms with Crippen molar-refractivity contribution in [3.8, 4) is 0 Å². The Morgan fingerprint density at radius 3 is 2.14 bits per heavy atom. The van der Waals surface area contributed by atoms with Gasteiger partial charge in [-0.1, -0.05) is 45.0 Å². The van der Waals surface area contributed by atoms with Crippen LogP contribution in [0.4, 0.5) is 4.79 Å². The van der Waals surface area contributed by atoms with Crippen molar-refractivity contribution in [3.63, 3.8) is 0 Å². The SMILES string of the molecule is C=CC(N(Sc1ccccc1)C(=O)OC(C)(C)C)C(C)(C)C. The molecule has 0 saturated carbocycles. The quantitative estimate of drug-likeness (QED) is 0.539. The largest absolute Gasteiger partial charge is 0.443 e. The topological polar surface area (TPSA) is 29.5 Å². The molecule has 1 amide bonds. The molecule has 0 bridgehead atoms. The molecule has 3 nitrogen and oxygen atoms in total. The maximum Gasteiger partial charge on any atom is 0.421 e. The Bertz CT molecular complexity index is 500. The van der Waals surface area contributed by atoms with Crippen molar-refractivity contribution in [3.05, 3.63) is 43.0 Å². The number of nitrogens with zero attached hydrogens (tertiary/aromatic N) is 1. The lowest BCUT2D eigenvalue weighted by Gasteiger charge is -2.37. The lowest BCUT2D eigenvalue weighted by atomic mass is 9.87. The van der Waals surface area contributed by atoms with E-state index < -0.39 is 5.60 Å². The summed E-state index contributed by atoms with van der Waals surface area (Å²) < 4.78 is 7.24. The molecule has 1 aromatic carbocycles. The smallest absolute Gasteiger partial charge is 0.421 e. The van der Waals surface area contributed by atoms with Gasteiger partial charge in [0.2, 0.25) is 0 Å². The van der Waals surface area contributed by atoms with Crippen molar-refractivity contribution in [1.82, 2.24) is 4.31 Å². The molecule has 0 N–H and O–H groups in total. The van der Waals surface area contributed by atoms with E-state index in [0.717, 1.165) is 4.90 Å². The minimum atomic E-state index is -0.532. The molecule has 4 heteroatoms. The average Bonchev–Trinajstić information content (AvgIpc) is 2.36. The summed E-state index contributed by atoms with van der Waals surface area (Å²) in [6, 6.07) is 9.67. The molecule has 0 fully saturated rings. The molecule has 0 aliphatic rings. The van der Waals surface area contributed by atoms with E-state index in [1.807, 2.05) is 51.1 Å². The van der Waals surface area contributed by atoms with E-state index in [9.17, 15) is 4.79 Å². The standard InChI is InChI=1S/C18H27NO2S/c1-8-15(17(2,3)4)19(16(20)21-18(5,6)7)22-14-12-10-9-11-13-14/h8-13,15H,1H2,2-7H3. The highest BCUT2D eigenvalue weighted by molar-refractivity contribution is 7.97. The molecule has 1 unspecified atom stereocenters. The highest BCUT2D eigenvalue weighted by Gasteiger charge is 2.34. The van der Waals surface area contributed by atoms with Crippen molar-refractivity contribution in [2.75, 3.05) is 0 Å². The summed E-state index contributed by atoms with van der Waals surface area (Å²) in [5.74, 6) is 0. The van der Waals surface area contributed by atoms with Gasteiger partial charge in [-0.15, -0.1) is 6.58 Å². The predicted octanol–water partition coefficient (Wildman–Crippen LogP) is 5.53. The van der Waals surface area contributed by atoms with Crippen molar-refractivity contribution >= 4 is 18.0 Å². The van der Waals surface area contributed by atoms with E-state index in [1.165, 1.54) is 11.9 Å². The maximum atomic E-state index is 12.6. The van der Waals surface area contributed by atoms with Crippen LogP contribution < -0.4 is 0 Å². The number of carbonyl (C=O) groups is 1. The predicted molar refractivity (Wildman–Crippen MR) is 93.8 cm³/mol. The third-order valence-electron chi connectivity index (χ3n) is 2.88. The molecule has 0 spiro atoms. The molecule has 0 heterocycles. The Morgan fingerprint density at radius 2 is 1.73 bits per heavy atom. The fraction of sp³-hybridized carbons (Fsp3) is 0.500. The molecule has 1 atom stereocenters. The lowest BCUT2D eigenvalue weighted by Crippen LogP contribution is -2.44. The summed E-state index contributed by atoms with van der Waals surface area (Å²) >= 11 is 1.38. The number of hydrogen-bond acceptors (Lipinski definition) is 3. The Kier molecular flexibility index (Phi) is 6.12. The normalized spacial score (nSPS) is 13.4. The first-order valence-corrected chi connectivity index (χ1v) is 8.20. The summed E-state index contributed by atoms with van der Waals surface area (Å²) in [5.41, 5.74) is -0.670. The second-order valence-corrected chi connectivity index (χ2v) is 8.30. The van der Waals surface area contributed by atoms with Crippen LogP contribution in [0.3, 0.4) is 0 Å². The lowest BCUT2D eigenvalue weighted by molar-refractivity contribution is 0.0317. The molecule has 0 radical (unpaired) electrons. The molecular weight excluding hydrogens is 294 g/mol. The fourth-order valence-corrected chi connectivity index (χ4v) is 3.04. The van der Waals surface area contributed by atoms with E-state index in [4.69, 9.17) is 4.74 Å². The molecule has 1 rings (SSSR count). The molecule has 22 heavy (non-hydrogen) atoms. The Morgan fingerprint density at radius 1 is 1.18 bits per heavy atom. The van der Waals surface area contributed by atoms with Gasteiger partial charge in [0, 0.05) is 4.90 Å². The highest BCUT2D eigenvalue weighted by Crippen LogP contribution is 2.34. The van der Waals surface area contributed by atoms with Crippen LogP contribution in [0.5, 0.6) is 0 Å². The molecule has 0 aromatic heterocycles. The second kappa shape index (κ2) is 7.23. The first-order chi connectivity index (χ1) is 10.0. The minimum absolute atomic E-state index is 0.138. The zero-order valence-corrected chi connectivity index (χ0v) is 15.2. The molecule has 122 valence electrons. The van der Waals surface area contributed by atoms with Crippen molar-refractivity contribution in [1.29, 1.82) is 0 Å². The van der Waals surface area contributed by atoms with Gasteiger partial charge in [0.1, 0.15) is 5.60 Å².